The number of aryl methyl sites for hydroxylation is 4. The van der Waals surface area contributed by atoms with E-state index < -0.39 is 0 Å². The lowest BCUT2D eigenvalue weighted by Crippen LogP contribution is -2.20. The van der Waals surface area contributed by atoms with Crippen LogP contribution in [0.1, 0.15) is 46.9 Å². The third kappa shape index (κ3) is 3.20. The van der Waals surface area contributed by atoms with E-state index in [0.717, 1.165) is 22.8 Å². The van der Waals surface area contributed by atoms with Crippen LogP contribution in [0.2, 0.25) is 0 Å². The average Bonchev–Trinajstić information content (AvgIpc) is 2.71. The number of hydrogen-bond donors (Lipinski definition) is 1. The third-order valence-corrected chi connectivity index (χ3v) is 3.28. The minimum absolute atomic E-state index is 0.241. The Morgan fingerprint density at radius 2 is 1.95 bits per heavy atom. The van der Waals surface area contributed by atoms with Gasteiger partial charge in [-0.3, -0.25) is 4.98 Å². The number of pyridine rings is 1. The van der Waals surface area contributed by atoms with Crippen molar-refractivity contribution in [3.8, 4) is 0 Å². The molecule has 0 spiro atoms. The number of hydrogen-bond acceptors (Lipinski definition) is 4. The number of nitrogens with zero attached hydrogens (tertiary/aromatic N) is 2. The first-order valence-corrected chi connectivity index (χ1v) is 6.57. The molecule has 0 aromatic carbocycles. The SMILES string of the molecule is Cc1cc(C)c(C(C)NCc2cc(C)on2)c(C)n1. The van der Waals surface area contributed by atoms with E-state index in [1.807, 2.05) is 19.9 Å². The molecule has 0 aliphatic rings. The second-order valence-electron chi connectivity index (χ2n) is 5.11. The molecule has 2 aromatic rings. The van der Waals surface area contributed by atoms with Crippen LogP contribution < -0.4 is 5.32 Å². The van der Waals surface area contributed by atoms with E-state index in [-0.39, 0.29) is 6.04 Å². The average molecular weight is 259 g/mol. The van der Waals surface area contributed by atoms with Gasteiger partial charge in [-0.25, -0.2) is 0 Å². The van der Waals surface area contributed by atoms with Crippen LogP contribution in [0.3, 0.4) is 0 Å². The molecule has 4 heteroatoms. The van der Waals surface area contributed by atoms with Gasteiger partial charge in [-0.2, -0.15) is 0 Å². The molecule has 0 radical (unpaired) electrons. The Morgan fingerprint density at radius 3 is 2.53 bits per heavy atom. The molecule has 1 N–H and O–H groups in total. The quantitative estimate of drug-likeness (QED) is 0.916. The highest BCUT2D eigenvalue weighted by molar-refractivity contribution is 5.33. The first-order valence-electron chi connectivity index (χ1n) is 6.57. The van der Waals surface area contributed by atoms with Crippen molar-refractivity contribution < 1.29 is 4.52 Å². The smallest absolute Gasteiger partial charge is 0.133 e. The van der Waals surface area contributed by atoms with Crippen molar-refractivity contribution in [3.05, 3.63) is 46.1 Å². The monoisotopic (exact) mass is 259 g/mol. The second kappa shape index (κ2) is 5.53. The molecule has 0 amide bonds. The van der Waals surface area contributed by atoms with Gasteiger partial charge in [0.15, 0.2) is 0 Å². The van der Waals surface area contributed by atoms with Crippen LogP contribution in [0, 0.1) is 27.7 Å². The second-order valence-corrected chi connectivity index (χ2v) is 5.11. The summed E-state index contributed by atoms with van der Waals surface area (Å²) in [7, 11) is 0. The van der Waals surface area contributed by atoms with Gasteiger partial charge in [0.25, 0.3) is 0 Å². The van der Waals surface area contributed by atoms with Gasteiger partial charge in [0, 0.05) is 30.0 Å². The molecule has 2 rings (SSSR count). The number of aromatic nitrogens is 2. The summed E-state index contributed by atoms with van der Waals surface area (Å²) in [6.45, 7) is 11.0. The third-order valence-electron chi connectivity index (χ3n) is 3.28. The molecular weight excluding hydrogens is 238 g/mol. The zero-order valence-corrected chi connectivity index (χ0v) is 12.2. The lowest BCUT2D eigenvalue weighted by atomic mass is 10.0. The Hall–Kier alpha value is -1.68. The maximum atomic E-state index is 5.06. The summed E-state index contributed by atoms with van der Waals surface area (Å²) in [4.78, 5) is 4.54. The number of rotatable bonds is 4. The van der Waals surface area contributed by atoms with Gasteiger partial charge in [0.2, 0.25) is 0 Å². The highest BCUT2D eigenvalue weighted by atomic mass is 16.5. The Kier molecular flexibility index (Phi) is 4.00. The molecule has 4 nitrogen and oxygen atoms in total. The maximum absolute atomic E-state index is 5.06. The van der Waals surface area contributed by atoms with Gasteiger partial charge in [-0.15, -0.1) is 0 Å². The van der Waals surface area contributed by atoms with E-state index >= 15 is 0 Å². The molecule has 0 aliphatic carbocycles. The zero-order valence-electron chi connectivity index (χ0n) is 12.2. The fourth-order valence-corrected chi connectivity index (χ4v) is 2.55. The van der Waals surface area contributed by atoms with Crippen LogP contribution >= 0.6 is 0 Å². The van der Waals surface area contributed by atoms with Crippen molar-refractivity contribution in [2.75, 3.05) is 0 Å². The lowest BCUT2D eigenvalue weighted by Gasteiger charge is -2.18. The predicted molar refractivity (Wildman–Crippen MR) is 74.9 cm³/mol. The normalized spacial score (nSPS) is 12.7. The Balaban J connectivity index is 2.10. The summed E-state index contributed by atoms with van der Waals surface area (Å²) >= 11 is 0. The van der Waals surface area contributed by atoms with Gasteiger partial charge in [-0.1, -0.05) is 5.16 Å². The van der Waals surface area contributed by atoms with Crippen LogP contribution in [0.25, 0.3) is 0 Å². The van der Waals surface area contributed by atoms with Crippen LogP contribution in [-0.4, -0.2) is 10.1 Å². The summed E-state index contributed by atoms with van der Waals surface area (Å²) < 4.78 is 5.06. The van der Waals surface area contributed by atoms with Crippen molar-refractivity contribution >= 4 is 0 Å². The Labute approximate surface area is 114 Å². The molecule has 2 heterocycles. The predicted octanol–water partition coefficient (Wildman–Crippen LogP) is 3.15. The van der Waals surface area contributed by atoms with Crippen molar-refractivity contribution in [3.63, 3.8) is 0 Å². The van der Waals surface area contributed by atoms with Crippen molar-refractivity contribution in [1.29, 1.82) is 0 Å². The zero-order chi connectivity index (χ0) is 14.0. The van der Waals surface area contributed by atoms with Crippen LogP contribution in [-0.2, 0) is 6.54 Å². The standard InChI is InChI=1S/C15H21N3O/c1-9-6-10(2)17-13(5)15(9)12(4)16-8-14-7-11(3)19-18-14/h6-7,12,16H,8H2,1-5H3. The molecule has 1 unspecified atom stereocenters. The molecule has 19 heavy (non-hydrogen) atoms. The molecule has 0 saturated carbocycles. The first kappa shape index (κ1) is 13.7. The van der Waals surface area contributed by atoms with E-state index in [1.54, 1.807) is 0 Å². The van der Waals surface area contributed by atoms with Gasteiger partial charge in [0.1, 0.15) is 5.76 Å². The highest BCUT2D eigenvalue weighted by Gasteiger charge is 2.13. The molecule has 102 valence electrons. The molecule has 0 fully saturated rings. The maximum Gasteiger partial charge on any atom is 0.133 e. The number of nitrogens with one attached hydrogen (secondary N) is 1. The molecule has 0 aliphatic heterocycles. The minimum atomic E-state index is 0.241. The first-order chi connectivity index (χ1) is 8.97. The van der Waals surface area contributed by atoms with Gasteiger partial charge >= 0.3 is 0 Å². The molecule has 2 aromatic heterocycles. The molecule has 0 saturated heterocycles. The highest BCUT2D eigenvalue weighted by Crippen LogP contribution is 2.21. The van der Waals surface area contributed by atoms with Crippen LogP contribution in [0.5, 0.6) is 0 Å². The van der Waals surface area contributed by atoms with E-state index in [4.69, 9.17) is 4.52 Å². The van der Waals surface area contributed by atoms with E-state index in [2.05, 4.69) is 42.3 Å². The van der Waals surface area contributed by atoms with Gasteiger partial charge < -0.3 is 9.84 Å². The van der Waals surface area contributed by atoms with E-state index in [9.17, 15) is 0 Å². The minimum Gasteiger partial charge on any atom is -0.361 e. The summed E-state index contributed by atoms with van der Waals surface area (Å²) in [5.41, 5.74) is 5.64. The van der Waals surface area contributed by atoms with Crippen LogP contribution in [0.4, 0.5) is 0 Å². The van der Waals surface area contributed by atoms with E-state index in [0.29, 0.717) is 6.54 Å². The fraction of sp³-hybridized carbons (Fsp3) is 0.467. The van der Waals surface area contributed by atoms with Gasteiger partial charge in [0.05, 0.1) is 5.69 Å². The summed E-state index contributed by atoms with van der Waals surface area (Å²) in [6, 6.07) is 4.32. The topological polar surface area (TPSA) is 51.0 Å². The molecule has 1 atom stereocenters. The largest absolute Gasteiger partial charge is 0.361 e. The Morgan fingerprint density at radius 1 is 1.21 bits per heavy atom. The van der Waals surface area contributed by atoms with E-state index in [1.165, 1.54) is 11.1 Å². The van der Waals surface area contributed by atoms with Crippen molar-refractivity contribution in [1.82, 2.24) is 15.5 Å². The Bertz CT molecular complexity index is 552. The van der Waals surface area contributed by atoms with Crippen molar-refractivity contribution in [2.45, 2.75) is 47.2 Å². The van der Waals surface area contributed by atoms with Crippen molar-refractivity contribution in [2.24, 2.45) is 0 Å². The molecular formula is C15H21N3O. The van der Waals surface area contributed by atoms with Gasteiger partial charge in [-0.05, 0) is 51.8 Å². The summed E-state index contributed by atoms with van der Waals surface area (Å²) in [6.07, 6.45) is 0. The fourth-order valence-electron chi connectivity index (χ4n) is 2.55. The summed E-state index contributed by atoms with van der Waals surface area (Å²) in [5, 5.41) is 7.45. The summed E-state index contributed by atoms with van der Waals surface area (Å²) in [5.74, 6) is 0.841. The lowest BCUT2D eigenvalue weighted by molar-refractivity contribution is 0.386. The van der Waals surface area contributed by atoms with Crippen LogP contribution in [0.15, 0.2) is 16.7 Å². The molecule has 0 bridgehead atoms.